The molecule has 146 valence electrons. The summed E-state index contributed by atoms with van der Waals surface area (Å²) in [5.74, 6) is 0.427. The summed E-state index contributed by atoms with van der Waals surface area (Å²) in [5, 5.41) is 2.66. The fraction of sp³-hybridized carbons (Fsp3) is 0.316. The van der Waals surface area contributed by atoms with Crippen LogP contribution in [0, 0.1) is 6.92 Å². The van der Waals surface area contributed by atoms with E-state index in [1.807, 2.05) is 37.4 Å². The number of sulfonamides is 1. The maximum absolute atomic E-state index is 12.7. The molecule has 0 aromatic heterocycles. The Morgan fingerprint density at radius 3 is 2.44 bits per heavy atom. The fourth-order valence-corrected chi connectivity index (χ4v) is 4.15. The van der Waals surface area contributed by atoms with Gasteiger partial charge in [-0.15, -0.1) is 11.8 Å². The molecule has 2 N–H and O–H groups in total. The van der Waals surface area contributed by atoms with E-state index in [-0.39, 0.29) is 17.4 Å². The zero-order valence-corrected chi connectivity index (χ0v) is 17.4. The molecule has 0 saturated heterocycles. The summed E-state index contributed by atoms with van der Waals surface area (Å²) in [6, 6.07) is 11.8. The van der Waals surface area contributed by atoms with Gasteiger partial charge in [0.05, 0.1) is 16.6 Å². The average molecular weight is 409 g/mol. The number of thioether (sulfide) groups is 1. The molecule has 0 unspecified atom stereocenters. The van der Waals surface area contributed by atoms with Crippen LogP contribution in [0.3, 0.4) is 0 Å². The van der Waals surface area contributed by atoms with Crippen molar-refractivity contribution < 1.29 is 17.9 Å². The number of amides is 1. The summed E-state index contributed by atoms with van der Waals surface area (Å²) in [7, 11) is -3.74. The Kier molecular flexibility index (Phi) is 7.29. The SMILES string of the molecule is CSc1ccc(S(=O)(=O)N[C@@H](C)COc2ccc(C)cc2)cc1NC(C)=O. The molecule has 0 heterocycles. The second-order valence-electron chi connectivity index (χ2n) is 6.19. The van der Waals surface area contributed by atoms with Gasteiger partial charge in [0, 0.05) is 11.8 Å². The van der Waals surface area contributed by atoms with Gasteiger partial charge < -0.3 is 10.1 Å². The molecule has 6 nitrogen and oxygen atoms in total. The molecular weight excluding hydrogens is 384 g/mol. The summed E-state index contributed by atoms with van der Waals surface area (Å²) in [6.07, 6.45) is 1.86. The van der Waals surface area contributed by atoms with Crippen LogP contribution >= 0.6 is 11.8 Å². The Morgan fingerprint density at radius 2 is 1.85 bits per heavy atom. The van der Waals surface area contributed by atoms with Crippen LogP contribution in [-0.2, 0) is 14.8 Å². The van der Waals surface area contributed by atoms with E-state index in [0.717, 1.165) is 10.5 Å². The van der Waals surface area contributed by atoms with Crippen LogP contribution in [0.2, 0.25) is 0 Å². The van der Waals surface area contributed by atoms with Gasteiger partial charge in [-0.1, -0.05) is 17.7 Å². The lowest BCUT2D eigenvalue weighted by Crippen LogP contribution is -2.36. The second-order valence-corrected chi connectivity index (χ2v) is 8.75. The summed E-state index contributed by atoms with van der Waals surface area (Å²) < 4.78 is 33.5. The predicted molar refractivity (Wildman–Crippen MR) is 109 cm³/mol. The summed E-state index contributed by atoms with van der Waals surface area (Å²) in [5.41, 5.74) is 1.60. The lowest BCUT2D eigenvalue weighted by atomic mass is 10.2. The van der Waals surface area contributed by atoms with Crippen LogP contribution in [0.25, 0.3) is 0 Å². The van der Waals surface area contributed by atoms with Gasteiger partial charge in [0.1, 0.15) is 12.4 Å². The first kappa shape index (κ1) is 21.3. The van der Waals surface area contributed by atoms with E-state index in [1.54, 1.807) is 13.0 Å². The molecule has 0 aliphatic carbocycles. The third-order valence-corrected chi connectivity index (χ3v) is 6.05. The summed E-state index contributed by atoms with van der Waals surface area (Å²) in [6.45, 7) is 5.30. The zero-order chi connectivity index (χ0) is 20.0. The van der Waals surface area contributed by atoms with E-state index < -0.39 is 16.1 Å². The Labute approximate surface area is 164 Å². The van der Waals surface area contributed by atoms with Crippen molar-refractivity contribution in [2.24, 2.45) is 0 Å². The van der Waals surface area contributed by atoms with Crippen molar-refractivity contribution in [1.29, 1.82) is 0 Å². The number of benzene rings is 2. The Balaban J connectivity index is 2.08. The molecule has 0 aliphatic heterocycles. The molecule has 2 aromatic rings. The number of carbonyl (C=O) groups excluding carboxylic acids is 1. The molecule has 1 atom stereocenters. The van der Waals surface area contributed by atoms with Gasteiger partial charge in [0.25, 0.3) is 0 Å². The molecule has 27 heavy (non-hydrogen) atoms. The minimum atomic E-state index is -3.74. The third kappa shape index (κ3) is 6.27. The van der Waals surface area contributed by atoms with Crippen LogP contribution in [0.15, 0.2) is 52.3 Å². The molecule has 8 heteroatoms. The molecule has 0 aliphatic rings. The Hall–Kier alpha value is -2.03. The normalized spacial score (nSPS) is 12.4. The highest BCUT2D eigenvalue weighted by molar-refractivity contribution is 7.98. The molecule has 0 bridgehead atoms. The fourth-order valence-electron chi connectivity index (χ4n) is 2.36. The lowest BCUT2D eigenvalue weighted by molar-refractivity contribution is -0.114. The number of rotatable bonds is 8. The van der Waals surface area contributed by atoms with Crippen LogP contribution in [0.5, 0.6) is 5.75 Å². The highest BCUT2D eigenvalue weighted by Crippen LogP contribution is 2.28. The first-order valence-corrected chi connectivity index (χ1v) is 11.1. The predicted octanol–water partition coefficient (Wildman–Crippen LogP) is 3.42. The number of ether oxygens (including phenoxy) is 1. The number of aryl methyl sites for hydroxylation is 1. The summed E-state index contributed by atoms with van der Waals surface area (Å²) >= 11 is 1.43. The Bertz CT molecular complexity index is 896. The van der Waals surface area contributed by atoms with E-state index in [2.05, 4.69) is 10.0 Å². The molecule has 2 rings (SSSR count). The molecule has 2 aromatic carbocycles. The second kappa shape index (κ2) is 9.25. The van der Waals surface area contributed by atoms with Gasteiger partial charge in [-0.05, 0) is 50.4 Å². The molecule has 1 amide bonds. The molecule has 0 fully saturated rings. The van der Waals surface area contributed by atoms with E-state index in [4.69, 9.17) is 4.74 Å². The highest BCUT2D eigenvalue weighted by Gasteiger charge is 2.19. The van der Waals surface area contributed by atoms with Crippen LogP contribution in [-0.4, -0.2) is 33.2 Å². The summed E-state index contributed by atoms with van der Waals surface area (Å²) in [4.78, 5) is 12.2. The number of carbonyl (C=O) groups is 1. The van der Waals surface area contributed by atoms with E-state index in [0.29, 0.717) is 11.4 Å². The molecular formula is C19H24N2O4S2. The maximum atomic E-state index is 12.7. The third-order valence-electron chi connectivity index (χ3n) is 3.67. The Morgan fingerprint density at radius 1 is 1.19 bits per heavy atom. The topological polar surface area (TPSA) is 84.5 Å². The standard InChI is InChI=1S/C19H24N2O4S2/c1-13-5-7-16(8-6-13)25-12-14(2)21-27(23,24)17-9-10-19(26-4)18(11-17)20-15(3)22/h5-11,14,21H,12H2,1-4H3,(H,20,22)/t14-/m0/s1. The molecule has 0 spiro atoms. The number of anilines is 1. The minimum Gasteiger partial charge on any atom is -0.492 e. The van der Waals surface area contributed by atoms with Gasteiger partial charge >= 0.3 is 0 Å². The number of nitrogens with one attached hydrogen (secondary N) is 2. The maximum Gasteiger partial charge on any atom is 0.241 e. The van der Waals surface area contributed by atoms with Crippen LogP contribution in [0.4, 0.5) is 5.69 Å². The van der Waals surface area contributed by atoms with Crippen LogP contribution < -0.4 is 14.8 Å². The van der Waals surface area contributed by atoms with Crippen LogP contribution in [0.1, 0.15) is 19.4 Å². The zero-order valence-electron chi connectivity index (χ0n) is 15.8. The van der Waals surface area contributed by atoms with Gasteiger partial charge in [-0.2, -0.15) is 0 Å². The van der Waals surface area contributed by atoms with Crippen molar-refractivity contribution in [3.8, 4) is 5.75 Å². The minimum absolute atomic E-state index is 0.0891. The van der Waals surface area contributed by atoms with Crippen molar-refractivity contribution in [1.82, 2.24) is 4.72 Å². The highest BCUT2D eigenvalue weighted by atomic mass is 32.2. The lowest BCUT2D eigenvalue weighted by Gasteiger charge is -2.16. The smallest absolute Gasteiger partial charge is 0.241 e. The van der Waals surface area contributed by atoms with Crippen molar-refractivity contribution in [3.05, 3.63) is 48.0 Å². The number of hydrogen-bond acceptors (Lipinski definition) is 5. The van der Waals surface area contributed by atoms with E-state index in [1.165, 1.54) is 30.8 Å². The van der Waals surface area contributed by atoms with Crippen molar-refractivity contribution in [2.75, 3.05) is 18.2 Å². The van der Waals surface area contributed by atoms with Crippen molar-refractivity contribution in [3.63, 3.8) is 0 Å². The first-order chi connectivity index (χ1) is 12.7. The van der Waals surface area contributed by atoms with Crippen molar-refractivity contribution in [2.45, 2.75) is 36.6 Å². The van der Waals surface area contributed by atoms with Gasteiger partial charge in [0.15, 0.2) is 0 Å². The van der Waals surface area contributed by atoms with E-state index in [9.17, 15) is 13.2 Å². The van der Waals surface area contributed by atoms with Gasteiger partial charge in [0.2, 0.25) is 15.9 Å². The first-order valence-electron chi connectivity index (χ1n) is 8.38. The quantitative estimate of drug-likeness (QED) is 0.654. The average Bonchev–Trinajstić information content (AvgIpc) is 2.60. The largest absolute Gasteiger partial charge is 0.492 e. The van der Waals surface area contributed by atoms with Gasteiger partial charge in [-0.25, -0.2) is 13.1 Å². The van der Waals surface area contributed by atoms with Crippen molar-refractivity contribution >= 4 is 33.4 Å². The number of hydrogen-bond donors (Lipinski definition) is 2. The molecule has 0 saturated carbocycles. The monoisotopic (exact) mass is 408 g/mol. The van der Waals surface area contributed by atoms with E-state index >= 15 is 0 Å². The molecule has 0 radical (unpaired) electrons. The van der Waals surface area contributed by atoms with Gasteiger partial charge in [-0.3, -0.25) is 4.79 Å².